The second kappa shape index (κ2) is 21.1. The summed E-state index contributed by atoms with van der Waals surface area (Å²) in [4.78, 5) is 0. The van der Waals surface area contributed by atoms with Crippen LogP contribution in [0.3, 0.4) is 0 Å². The van der Waals surface area contributed by atoms with Crippen molar-refractivity contribution in [3.8, 4) is 0 Å². The highest BCUT2D eigenvalue weighted by atomic mass is 31.1. The highest BCUT2D eigenvalue weighted by Crippen LogP contribution is 2.51. The predicted molar refractivity (Wildman–Crippen MR) is 257 cm³/mol. The lowest BCUT2D eigenvalue weighted by atomic mass is 9.76. The molecule has 56 heavy (non-hydrogen) atoms. The fourth-order valence-electron chi connectivity index (χ4n) is 10.4. The molecule has 4 aromatic carbocycles. The molecule has 0 spiro atoms. The molecule has 0 nitrogen and oxygen atoms in total. The van der Waals surface area contributed by atoms with E-state index < -0.39 is 15.8 Å². The summed E-state index contributed by atoms with van der Waals surface area (Å²) in [5.41, 5.74) is 19.3. The van der Waals surface area contributed by atoms with Gasteiger partial charge >= 0.3 is 0 Å². The van der Waals surface area contributed by atoms with Crippen molar-refractivity contribution in [1.29, 1.82) is 0 Å². The summed E-state index contributed by atoms with van der Waals surface area (Å²) < 4.78 is 0. The van der Waals surface area contributed by atoms with E-state index in [-0.39, 0.29) is 0 Å². The second-order valence-electron chi connectivity index (χ2n) is 16.5. The van der Waals surface area contributed by atoms with Crippen molar-refractivity contribution in [2.45, 2.75) is 173 Å². The molecule has 0 unspecified atom stereocenters. The van der Waals surface area contributed by atoms with Crippen LogP contribution in [0.25, 0.3) is 0 Å². The van der Waals surface area contributed by atoms with Gasteiger partial charge < -0.3 is 0 Å². The number of aryl methyl sites for hydroxylation is 8. The van der Waals surface area contributed by atoms with Gasteiger partial charge in [-0.25, -0.2) is 0 Å². The van der Waals surface area contributed by atoms with Crippen LogP contribution in [0.1, 0.15) is 163 Å². The lowest BCUT2D eigenvalue weighted by Crippen LogP contribution is -2.35. The van der Waals surface area contributed by atoms with Crippen LogP contribution < -0.4 is 21.2 Å². The number of hydrogen-bond acceptors (Lipinski definition) is 0. The third-order valence-electron chi connectivity index (χ3n) is 13.8. The van der Waals surface area contributed by atoms with Crippen molar-refractivity contribution in [2.75, 3.05) is 12.3 Å². The quantitative estimate of drug-likeness (QED) is 0.0783. The van der Waals surface area contributed by atoms with Crippen molar-refractivity contribution >= 4 is 37.1 Å². The molecule has 0 radical (unpaired) electrons. The first-order valence-electron chi connectivity index (χ1n) is 23.3. The third-order valence-corrected chi connectivity index (χ3v) is 19.0. The van der Waals surface area contributed by atoms with Crippen LogP contribution in [0, 0.1) is 11.8 Å². The molecule has 1 fully saturated rings. The van der Waals surface area contributed by atoms with E-state index in [1.54, 1.807) is 88.0 Å². The molecule has 0 bridgehead atoms. The van der Waals surface area contributed by atoms with Crippen LogP contribution in [-0.4, -0.2) is 12.3 Å². The maximum Gasteiger partial charge on any atom is -0.0189 e. The summed E-state index contributed by atoms with van der Waals surface area (Å²) in [7, 11) is -0.929. The van der Waals surface area contributed by atoms with Gasteiger partial charge in [0.2, 0.25) is 0 Å². The Bertz CT molecular complexity index is 1550. The number of rotatable bonds is 20. The molecule has 1 aliphatic rings. The van der Waals surface area contributed by atoms with Gasteiger partial charge in [0.1, 0.15) is 0 Å². The standard InChI is InChI=1S/C54H78P2/c1-13-37-27-47(28-38(14-2)51(37)21-9)55(48-29-39(15-3)52(22-10)40(16-4)30-48)35-45-25-26-46(45)36-56(49-31-41(17-5)53(23-11)42(18-6)32-49)50-33-43(19-7)54(24-12)44(20-8)34-50/h27-34,45-46H,13-26,35-36H2,1-12H3/t45-,46-/m0/s1. The Hall–Kier alpha value is -2.26. The van der Waals surface area contributed by atoms with Crippen LogP contribution >= 0.6 is 15.8 Å². The van der Waals surface area contributed by atoms with Crippen molar-refractivity contribution < 1.29 is 0 Å². The molecule has 4 aromatic rings. The zero-order valence-electron chi connectivity index (χ0n) is 38.0. The van der Waals surface area contributed by atoms with E-state index in [0.29, 0.717) is 0 Å². The summed E-state index contributed by atoms with van der Waals surface area (Å²) in [6.07, 6.45) is 19.1. The highest BCUT2D eigenvalue weighted by Gasteiger charge is 2.37. The maximum atomic E-state index is 2.68. The molecule has 304 valence electrons. The van der Waals surface area contributed by atoms with Gasteiger partial charge in [-0.15, -0.1) is 0 Å². The molecule has 0 aromatic heterocycles. The van der Waals surface area contributed by atoms with Gasteiger partial charge in [0.25, 0.3) is 0 Å². The minimum atomic E-state index is -0.465. The van der Waals surface area contributed by atoms with E-state index in [2.05, 4.69) is 132 Å². The Morgan fingerprint density at radius 1 is 0.304 bits per heavy atom. The molecule has 1 saturated carbocycles. The van der Waals surface area contributed by atoms with E-state index in [1.807, 2.05) is 0 Å². The Balaban J connectivity index is 1.63. The predicted octanol–water partition coefficient (Wildman–Crippen LogP) is 13.0. The van der Waals surface area contributed by atoms with Gasteiger partial charge in [0.05, 0.1) is 0 Å². The molecule has 2 heteroatoms. The molecule has 0 heterocycles. The monoisotopic (exact) mass is 789 g/mol. The minimum absolute atomic E-state index is 0.465. The van der Waals surface area contributed by atoms with E-state index in [4.69, 9.17) is 0 Å². The zero-order chi connectivity index (χ0) is 40.5. The molecule has 0 aliphatic heterocycles. The van der Waals surface area contributed by atoms with Crippen LogP contribution in [0.15, 0.2) is 48.5 Å². The number of benzene rings is 4. The van der Waals surface area contributed by atoms with Crippen LogP contribution in [0.5, 0.6) is 0 Å². The van der Waals surface area contributed by atoms with Crippen molar-refractivity contribution in [3.05, 3.63) is 115 Å². The van der Waals surface area contributed by atoms with E-state index >= 15 is 0 Å². The average molecular weight is 789 g/mol. The summed E-state index contributed by atoms with van der Waals surface area (Å²) in [5, 5.41) is 6.60. The highest BCUT2D eigenvalue weighted by molar-refractivity contribution is 7.73. The van der Waals surface area contributed by atoms with E-state index in [9.17, 15) is 0 Å². The van der Waals surface area contributed by atoms with Crippen LogP contribution in [0.2, 0.25) is 0 Å². The first kappa shape index (κ1) is 44.8. The van der Waals surface area contributed by atoms with Gasteiger partial charge in [0, 0.05) is 0 Å². The maximum absolute atomic E-state index is 2.68. The molecule has 2 atom stereocenters. The normalized spacial score (nSPS) is 15.6. The Morgan fingerprint density at radius 3 is 0.607 bits per heavy atom. The average Bonchev–Trinajstić information content (AvgIpc) is 3.23. The molecule has 0 N–H and O–H groups in total. The largest absolute Gasteiger partial charge is 0.0613 e. The molecule has 0 amide bonds. The zero-order valence-corrected chi connectivity index (χ0v) is 39.8. The Morgan fingerprint density at radius 2 is 0.482 bits per heavy atom. The number of hydrogen-bond donors (Lipinski definition) is 0. The van der Waals surface area contributed by atoms with Crippen LogP contribution in [-0.2, 0) is 77.0 Å². The molecule has 5 rings (SSSR count). The smallest absolute Gasteiger partial charge is 0.0189 e. The summed E-state index contributed by atoms with van der Waals surface area (Å²) in [5.74, 6) is 1.57. The topological polar surface area (TPSA) is 0 Å². The minimum Gasteiger partial charge on any atom is -0.0613 e. The lowest BCUT2D eigenvalue weighted by molar-refractivity contribution is 0.228. The van der Waals surface area contributed by atoms with Crippen molar-refractivity contribution in [1.82, 2.24) is 0 Å². The molecular weight excluding hydrogens is 711 g/mol. The van der Waals surface area contributed by atoms with Gasteiger partial charge in [0.15, 0.2) is 0 Å². The summed E-state index contributed by atoms with van der Waals surface area (Å²) in [6.45, 7) is 28.5. The van der Waals surface area contributed by atoms with Crippen molar-refractivity contribution in [2.24, 2.45) is 11.8 Å². The van der Waals surface area contributed by atoms with Gasteiger partial charge in [-0.3, -0.25) is 0 Å². The molecular formula is C54H78P2. The summed E-state index contributed by atoms with van der Waals surface area (Å²) >= 11 is 0. The summed E-state index contributed by atoms with van der Waals surface area (Å²) in [6, 6.07) is 21.4. The molecule has 1 aliphatic carbocycles. The molecule has 0 saturated heterocycles. The van der Waals surface area contributed by atoms with E-state index in [0.717, 1.165) is 88.9 Å². The first-order valence-corrected chi connectivity index (χ1v) is 26.4. The van der Waals surface area contributed by atoms with Gasteiger partial charge in [-0.2, -0.15) is 0 Å². The Kier molecular flexibility index (Phi) is 16.9. The van der Waals surface area contributed by atoms with Gasteiger partial charge in [-0.05, 0) is 218 Å². The second-order valence-corrected chi connectivity index (χ2v) is 21.0. The SMILES string of the molecule is CCc1cc(P(C[C@@H]2CC[C@H]2CP(c2cc(CC)c(CC)c(CC)c2)c2cc(CC)c(CC)c(CC)c2)c2cc(CC)c(CC)c(CC)c2)cc(CC)c1CC. The fraction of sp³-hybridized carbons (Fsp3) is 0.556. The Labute approximate surface area is 348 Å². The lowest BCUT2D eigenvalue weighted by Gasteiger charge is -2.42. The fourth-order valence-corrected chi connectivity index (χ4v) is 16.2. The van der Waals surface area contributed by atoms with Crippen LogP contribution in [0.4, 0.5) is 0 Å². The van der Waals surface area contributed by atoms with Gasteiger partial charge in [-0.1, -0.05) is 132 Å². The first-order chi connectivity index (χ1) is 27.2. The van der Waals surface area contributed by atoms with E-state index in [1.165, 1.54) is 25.2 Å². The van der Waals surface area contributed by atoms with Crippen molar-refractivity contribution in [3.63, 3.8) is 0 Å². The third kappa shape index (κ3) is 9.45.